The van der Waals surface area contributed by atoms with Gasteiger partial charge in [-0.05, 0) is 29.8 Å². The van der Waals surface area contributed by atoms with Gasteiger partial charge in [0.1, 0.15) is 11.5 Å². The number of para-hydroxylation sites is 1. The molecule has 128 valence electrons. The number of fused-ring (bicyclic) bond motifs is 1. The highest BCUT2D eigenvalue weighted by Crippen LogP contribution is 2.25. The van der Waals surface area contributed by atoms with E-state index in [1.165, 1.54) is 12.1 Å². The SMILES string of the molecule is O=C(Cc1noc2ccccc12)N1CCNCC1c1cccc(F)c1. The maximum Gasteiger partial charge on any atom is 0.229 e. The molecule has 1 atom stereocenters. The molecular formula is C19H18FN3O2. The second-order valence-electron chi connectivity index (χ2n) is 6.16. The average Bonchev–Trinajstić information content (AvgIpc) is 3.05. The van der Waals surface area contributed by atoms with Gasteiger partial charge in [0.25, 0.3) is 0 Å². The van der Waals surface area contributed by atoms with Gasteiger partial charge in [0, 0.05) is 25.0 Å². The summed E-state index contributed by atoms with van der Waals surface area (Å²) < 4.78 is 18.9. The lowest BCUT2D eigenvalue weighted by Crippen LogP contribution is -2.49. The number of amides is 1. The van der Waals surface area contributed by atoms with Crippen molar-refractivity contribution in [2.45, 2.75) is 12.5 Å². The Bertz CT molecular complexity index is 908. The van der Waals surface area contributed by atoms with Crippen LogP contribution in [0.15, 0.2) is 53.1 Å². The molecule has 1 aliphatic rings. The van der Waals surface area contributed by atoms with Crippen LogP contribution in [0.3, 0.4) is 0 Å². The van der Waals surface area contributed by atoms with Crippen LogP contribution in [-0.4, -0.2) is 35.6 Å². The lowest BCUT2D eigenvalue weighted by atomic mass is 10.0. The lowest BCUT2D eigenvalue weighted by molar-refractivity contribution is -0.133. The summed E-state index contributed by atoms with van der Waals surface area (Å²) in [6.45, 7) is 1.90. The van der Waals surface area contributed by atoms with Gasteiger partial charge in [0.15, 0.2) is 5.58 Å². The molecule has 3 aromatic rings. The average molecular weight is 339 g/mol. The molecule has 0 radical (unpaired) electrons. The Morgan fingerprint density at radius 3 is 3.04 bits per heavy atom. The summed E-state index contributed by atoms with van der Waals surface area (Å²) in [6.07, 6.45) is 0.169. The molecule has 2 aromatic carbocycles. The molecule has 1 N–H and O–H groups in total. The van der Waals surface area contributed by atoms with Crippen LogP contribution in [0.5, 0.6) is 0 Å². The quantitative estimate of drug-likeness (QED) is 0.797. The molecule has 0 bridgehead atoms. The molecule has 1 unspecified atom stereocenters. The molecule has 1 aliphatic heterocycles. The topological polar surface area (TPSA) is 58.4 Å². The minimum absolute atomic E-state index is 0.0326. The summed E-state index contributed by atoms with van der Waals surface area (Å²) in [5.41, 5.74) is 2.11. The van der Waals surface area contributed by atoms with Crippen LogP contribution in [0.1, 0.15) is 17.3 Å². The monoisotopic (exact) mass is 339 g/mol. The highest BCUT2D eigenvalue weighted by Gasteiger charge is 2.29. The van der Waals surface area contributed by atoms with Crippen LogP contribution in [-0.2, 0) is 11.2 Å². The van der Waals surface area contributed by atoms with E-state index < -0.39 is 0 Å². The fourth-order valence-electron chi connectivity index (χ4n) is 3.32. The largest absolute Gasteiger partial charge is 0.356 e. The van der Waals surface area contributed by atoms with Gasteiger partial charge in [-0.2, -0.15) is 0 Å². The Kier molecular flexibility index (Phi) is 4.19. The molecule has 1 aromatic heterocycles. The maximum absolute atomic E-state index is 13.6. The number of hydrogen-bond donors (Lipinski definition) is 1. The van der Waals surface area contributed by atoms with Crippen LogP contribution in [0.25, 0.3) is 11.0 Å². The molecule has 2 heterocycles. The molecule has 1 amide bonds. The first-order chi connectivity index (χ1) is 12.2. The number of nitrogens with zero attached hydrogens (tertiary/aromatic N) is 2. The third-order valence-corrected chi connectivity index (χ3v) is 4.57. The van der Waals surface area contributed by atoms with Crippen molar-refractivity contribution in [3.63, 3.8) is 0 Å². The minimum Gasteiger partial charge on any atom is -0.356 e. The number of carbonyl (C=O) groups is 1. The van der Waals surface area contributed by atoms with Crippen molar-refractivity contribution < 1.29 is 13.7 Å². The zero-order valence-corrected chi connectivity index (χ0v) is 13.6. The van der Waals surface area contributed by atoms with Gasteiger partial charge >= 0.3 is 0 Å². The summed E-state index contributed by atoms with van der Waals surface area (Å²) in [4.78, 5) is 14.7. The van der Waals surface area contributed by atoms with Crippen LogP contribution in [0, 0.1) is 5.82 Å². The summed E-state index contributed by atoms with van der Waals surface area (Å²) >= 11 is 0. The van der Waals surface area contributed by atoms with Gasteiger partial charge in [-0.1, -0.05) is 29.4 Å². The number of carbonyl (C=O) groups excluding carboxylic acids is 1. The molecule has 25 heavy (non-hydrogen) atoms. The molecule has 1 fully saturated rings. The van der Waals surface area contributed by atoms with Gasteiger partial charge < -0.3 is 14.7 Å². The van der Waals surface area contributed by atoms with Crippen LogP contribution in [0.4, 0.5) is 4.39 Å². The van der Waals surface area contributed by atoms with Crippen molar-refractivity contribution in [2.75, 3.05) is 19.6 Å². The van der Waals surface area contributed by atoms with Crippen molar-refractivity contribution in [3.8, 4) is 0 Å². The van der Waals surface area contributed by atoms with E-state index in [4.69, 9.17) is 4.52 Å². The van der Waals surface area contributed by atoms with Crippen molar-refractivity contribution >= 4 is 16.9 Å². The Labute approximate surface area is 144 Å². The maximum atomic E-state index is 13.6. The predicted molar refractivity (Wildman–Crippen MR) is 91.4 cm³/mol. The van der Waals surface area contributed by atoms with E-state index in [9.17, 15) is 9.18 Å². The number of hydrogen-bond acceptors (Lipinski definition) is 4. The van der Waals surface area contributed by atoms with Gasteiger partial charge in [-0.15, -0.1) is 0 Å². The summed E-state index contributed by atoms with van der Waals surface area (Å²) in [7, 11) is 0. The third kappa shape index (κ3) is 3.13. The Morgan fingerprint density at radius 1 is 1.28 bits per heavy atom. The number of piperazine rings is 1. The standard InChI is InChI=1S/C19H18FN3O2/c20-14-5-3-4-13(10-14)17-12-21-8-9-23(17)19(24)11-16-15-6-1-2-7-18(15)25-22-16/h1-7,10,17,21H,8-9,11-12H2. The molecule has 0 saturated carbocycles. The number of halogens is 1. The molecule has 4 rings (SSSR count). The predicted octanol–water partition coefficient (Wildman–Crippen LogP) is 2.68. The number of aromatic nitrogens is 1. The van der Waals surface area contributed by atoms with Crippen LogP contribution in [0.2, 0.25) is 0 Å². The van der Waals surface area contributed by atoms with E-state index >= 15 is 0 Å². The van der Waals surface area contributed by atoms with Gasteiger partial charge in [0.2, 0.25) is 5.91 Å². The highest BCUT2D eigenvalue weighted by molar-refractivity contribution is 5.86. The fourth-order valence-corrected chi connectivity index (χ4v) is 3.32. The van der Waals surface area contributed by atoms with Crippen molar-refractivity contribution in [2.24, 2.45) is 0 Å². The first kappa shape index (κ1) is 15.8. The van der Waals surface area contributed by atoms with E-state index in [2.05, 4.69) is 10.5 Å². The second kappa shape index (κ2) is 6.64. The number of nitrogens with one attached hydrogen (secondary N) is 1. The van der Waals surface area contributed by atoms with E-state index in [-0.39, 0.29) is 24.2 Å². The van der Waals surface area contributed by atoms with Crippen LogP contribution < -0.4 is 5.32 Å². The second-order valence-corrected chi connectivity index (χ2v) is 6.16. The van der Waals surface area contributed by atoms with Gasteiger partial charge in [-0.25, -0.2) is 4.39 Å². The molecule has 6 heteroatoms. The first-order valence-electron chi connectivity index (χ1n) is 8.31. The minimum atomic E-state index is -0.294. The van der Waals surface area contributed by atoms with E-state index in [1.807, 2.05) is 30.3 Å². The zero-order chi connectivity index (χ0) is 17.2. The number of benzene rings is 2. The van der Waals surface area contributed by atoms with E-state index in [0.29, 0.717) is 24.4 Å². The van der Waals surface area contributed by atoms with Crippen molar-refractivity contribution in [1.29, 1.82) is 0 Å². The molecule has 0 aliphatic carbocycles. The smallest absolute Gasteiger partial charge is 0.229 e. The normalized spacial score (nSPS) is 17.8. The van der Waals surface area contributed by atoms with Crippen molar-refractivity contribution in [3.05, 3.63) is 65.6 Å². The van der Waals surface area contributed by atoms with Crippen LogP contribution >= 0.6 is 0 Å². The summed E-state index contributed by atoms with van der Waals surface area (Å²) in [6, 6.07) is 13.7. The highest BCUT2D eigenvalue weighted by atomic mass is 19.1. The molecule has 5 nitrogen and oxygen atoms in total. The first-order valence-corrected chi connectivity index (χ1v) is 8.31. The van der Waals surface area contributed by atoms with Gasteiger partial charge in [-0.3, -0.25) is 4.79 Å². The molecular weight excluding hydrogens is 321 g/mol. The molecule has 1 saturated heterocycles. The third-order valence-electron chi connectivity index (χ3n) is 4.57. The summed E-state index contributed by atoms with van der Waals surface area (Å²) in [5.74, 6) is -0.326. The molecule has 0 spiro atoms. The Hall–Kier alpha value is -2.73. The number of rotatable bonds is 3. The lowest BCUT2D eigenvalue weighted by Gasteiger charge is -2.36. The Morgan fingerprint density at radius 2 is 2.16 bits per heavy atom. The zero-order valence-electron chi connectivity index (χ0n) is 13.6. The fraction of sp³-hybridized carbons (Fsp3) is 0.263. The van der Waals surface area contributed by atoms with E-state index in [0.717, 1.165) is 17.5 Å². The Balaban J connectivity index is 1.59. The van der Waals surface area contributed by atoms with Gasteiger partial charge in [0.05, 0.1) is 12.5 Å². The van der Waals surface area contributed by atoms with Crippen molar-refractivity contribution in [1.82, 2.24) is 15.4 Å². The summed E-state index contributed by atoms with van der Waals surface area (Å²) in [5, 5.41) is 8.17. The van der Waals surface area contributed by atoms with E-state index in [1.54, 1.807) is 11.0 Å².